The highest BCUT2D eigenvalue weighted by atomic mass is 14.1. The van der Waals surface area contributed by atoms with Gasteiger partial charge in [-0.15, -0.1) is 0 Å². The van der Waals surface area contributed by atoms with Crippen LogP contribution in [0.3, 0.4) is 0 Å². The maximum absolute atomic E-state index is 2.29. The van der Waals surface area contributed by atoms with E-state index < -0.39 is 0 Å². The molecule has 3 rings (SSSR count). The van der Waals surface area contributed by atoms with Crippen molar-refractivity contribution in [1.82, 2.24) is 0 Å². The van der Waals surface area contributed by atoms with Gasteiger partial charge in [0.15, 0.2) is 0 Å². The second-order valence-corrected chi connectivity index (χ2v) is 4.50. The van der Waals surface area contributed by atoms with E-state index in [-0.39, 0.29) is 0 Å². The van der Waals surface area contributed by atoms with E-state index in [2.05, 4.69) is 62.4 Å². The molecular formula is C16H14. The molecule has 0 heterocycles. The molecule has 78 valence electrons. The maximum Gasteiger partial charge on any atom is -0.0148 e. The molecule has 0 heteroatoms. The number of hydrogen-bond donors (Lipinski definition) is 0. The van der Waals surface area contributed by atoms with E-state index in [9.17, 15) is 0 Å². The minimum Gasteiger partial charge on any atom is -0.0616 e. The van der Waals surface area contributed by atoms with Crippen LogP contribution in [0.25, 0.3) is 21.5 Å². The number of hydrogen-bond acceptors (Lipinski definition) is 0. The van der Waals surface area contributed by atoms with Crippen molar-refractivity contribution in [2.45, 2.75) is 13.8 Å². The van der Waals surface area contributed by atoms with Gasteiger partial charge >= 0.3 is 0 Å². The minimum absolute atomic E-state index is 1.32. The van der Waals surface area contributed by atoms with Crippen molar-refractivity contribution in [2.24, 2.45) is 0 Å². The summed E-state index contributed by atoms with van der Waals surface area (Å²) in [5, 5.41) is 5.35. The second-order valence-electron chi connectivity index (χ2n) is 4.50. The summed E-state index contributed by atoms with van der Waals surface area (Å²) in [6.45, 7) is 4.34. The molecule has 0 nitrogen and oxygen atoms in total. The van der Waals surface area contributed by atoms with E-state index >= 15 is 0 Å². The lowest BCUT2D eigenvalue weighted by Gasteiger charge is -2.06. The van der Waals surface area contributed by atoms with Gasteiger partial charge in [-0.05, 0) is 53.1 Å². The van der Waals surface area contributed by atoms with Crippen LogP contribution in [0.1, 0.15) is 11.1 Å². The van der Waals surface area contributed by atoms with Gasteiger partial charge in [-0.25, -0.2) is 0 Å². The van der Waals surface area contributed by atoms with Crippen LogP contribution in [0.2, 0.25) is 0 Å². The molecule has 0 amide bonds. The van der Waals surface area contributed by atoms with Crippen molar-refractivity contribution in [3.63, 3.8) is 0 Å². The highest BCUT2D eigenvalue weighted by Crippen LogP contribution is 2.26. The van der Waals surface area contributed by atoms with Gasteiger partial charge < -0.3 is 0 Å². The normalized spacial score (nSPS) is 11.1. The third-order valence-corrected chi connectivity index (χ3v) is 3.17. The number of fused-ring (bicyclic) bond motifs is 2. The van der Waals surface area contributed by atoms with Crippen molar-refractivity contribution in [1.29, 1.82) is 0 Å². The van der Waals surface area contributed by atoms with Gasteiger partial charge in [0.25, 0.3) is 0 Å². The Labute approximate surface area is 95.5 Å². The summed E-state index contributed by atoms with van der Waals surface area (Å²) >= 11 is 0. The van der Waals surface area contributed by atoms with Crippen molar-refractivity contribution in [2.75, 3.05) is 0 Å². The molecule has 0 aromatic heterocycles. The van der Waals surface area contributed by atoms with Crippen LogP contribution in [0, 0.1) is 13.8 Å². The highest BCUT2D eigenvalue weighted by Gasteiger charge is 2.01. The fourth-order valence-electron chi connectivity index (χ4n) is 2.43. The molecule has 0 aliphatic rings. The topological polar surface area (TPSA) is 0 Å². The lowest BCUT2D eigenvalue weighted by molar-refractivity contribution is 1.43. The summed E-state index contributed by atoms with van der Waals surface area (Å²) in [6, 6.07) is 17.6. The Morgan fingerprint density at radius 3 is 2.12 bits per heavy atom. The first-order valence-corrected chi connectivity index (χ1v) is 5.64. The molecule has 0 bridgehead atoms. The van der Waals surface area contributed by atoms with Gasteiger partial charge in [0.05, 0.1) is 0 Å². The van der Waals surface area contributed by atoms with E-state index in [1.54, 1.807) is 0 Å². The SMILES string of the molecule is Cc1cc(C)c2cc3ccccc3cc2c1. The summed E-state index contributed by atoms with van der Waals surface area (Å²) in [5.74, 6) is 0. The van der Waals surface area contributed by atoms with Crippen molar-refractivity contribution in [3.8, 4) is 0 Å². The fraction of sp³-hybridized carbons (Fsp3) is 0.125. The summed E-state index contributed by atoms with van der Waals surface area (Å²) in [5.41, 5.74) is 2.70. The van der Waals surface area contributed by atoms with E-state index in [0.717, 1.165) is 0 Å². The van der Waals surface area contributed by atoms with Crippen molar-refractivity contribution in [3.05, 3.63) is 59.7 Å². The van der Waals surface area contributed by atoms with Crippen LogP contribution in [0.5, 0.6) is 0 Å². The Kier molecular flexibility index (Phi) is 1.97. The summed E-state index contributed by atoms with van der Waals surface area (Å²) in [7, 11) is 0. The minimum atomic E-state index is 1.32. The number of rotatable bonds is 0. The molecule has 0 atom stereocenters. The lowest BCUT2D eigenvalue weighted by atomic mass is 9.98. The van der Waals surface area contributed by atoms with E-state index in [0.29, 0.717) is 0 Å². The average Bonchev–Trinajstić information content (AvgIpc) is 2.27. The molecule has 16 heavy (non-hydrogen) atoms. The molecule has 3 aromatic rings. The first-order valence-electron chi connectivity index (χ1n) is 5.64. The average molecular weight is 206 g/mol. The quantitative estimate of drug-likeness (QED) is 0.471. The Morgan fingerprint density at radius 1 is 0.688 bits per heavy atom. The Balaban J connectivity index is 2.51. The zero-order valence-electron chi connectivity index (χ0n) is 9.62. The van der Waals surface area contributed by atoms with Gasteiger partial charge in [0, 0.05) is 0 Å². The van der Waals surface area contributed by atoms with Gasteiger partial charge in [0.2, 0.25) is 0 Å². The second kappa shape index (κ2) is 3.34. The standard InChI is InChI=1S/C16H14/c1-11-7-12(2)16-10-14-6-4-3-5-13(14)9-15(16)8-11/h3-10H,1-2H3. The van der Waals surface area contributed by atoms with Crippen molar-refractivity contribution >= 4 is 21.5 Å². The van der Waals surface area contributed by atoms with Crippen LogP contribution >= 0.6 is 0 Å². The van der Waals surface area contributed by atoms with Crippen LogP contribution < -0.4 is 0 Å². The van der Waals surface area contributed by atoms with Gasteiger partial charge in [0.1, 0.15) is 0 Å². The summed E-state index contributed by atoms with van der Waals surface area (Å²) in [4.78, 5) is 0. The predicted molar refractivity (Wildman–Crippen MR) is 70.9 cm³/mol. The van der Waals surface area contributed by atoms with Gasteiger partial charge in [-0.2, -0.15) is 0 Å². The van der Waals surface area contributed by atoms with E-state index in [4.69, 9.17) is 0 Å². The largest absolute Gasteiger partial charge is 0.0616 e. The number of benzene rings is 3. The maximum atomic E-state index is 2.29. The zero-order valence-corrected chi connectivity index (χ0v) is 9.62. The molecule has 0 aliphatic heterocycles. The fourth-order valence-corrected chi connectivity index (χ4v) is 2.43. The molecular weight excluding hydrogens is 192 g/mol. The predicted octanol–water partition coefficient (Wildman–Crippen LogP) is 4.61. The Hall–Kier alpha value is -1.82. The Bertz CT molecular complexity index is 678. The van der Waals surface area contributed by atoms with Crippen LogP contribution in [0.15, 0.2) is 48.5 Å². The third-order valence-electron chi connectivity index (χ3n) is 3.17. The third kappa shape index (κ3) is 1.38. The molecule has 0 saturated carbocycles. The van der Waals surface area contributed by atoms with Crippen LogP contribution in [-0.4, -0.2) is 0 Å². The highest BCUT2D eigenvalue weighted by molar-refractivity contribution is 5.99. The van der Waals surface area contributed by atoms with Gasteiger partial charge in [-0.1, -0.05) is 42.0 Å². The van der Waals surface area contributed by atoms with Crippen LogP contribution in [0.4, 0.5) is 0 Å². The molecule has 0 fully saturated rings. The number of aryl methyl sites for hydroxylation is 2. The van der Waals surface area contributed by atoms with E-state index in [1.807, 2.05) is 0 Å². The van der Waals surface area contributed by atoms with Crippen LogP contribution in [-0.2, 0) is 0 Å². The molecule has 0 N–H and O–H groups in total. The molecule has 3 aromatic carbocycles. The molecule has 0 radical (unpaired) electrons. The molecule has 0 saturated heterocycles. The smallest absolute Gasteiger partial charge is 0.0148 e. The molecule has 0 aliphatic carbocycles. The van der Waals surface area contributed by atoms with Gasteiger partial charge in [-0.3, -0.25) is 0 Å². The summed E-state index contributed by atoms with van der Waals surface area (Å²) < 4.78 is 0. The first-order chi connectivity index (χ1) is 7.74. The first kappa shape index (κ1) is 9.41. The lowest BCUT2D eigenvalue weighted by Crippen LogP contribution is -1.82. The Morgan fingerprint density at radius 2 is 1.38 bits per heavy atom. The zero-order chi connectivity index (χ0) is 11.1. The van der Waals surface area contributed by atoms with Crippen molar-refractivity contribution < 1.29 is 0 Å². The molecule has 0 unspecified atom stereocenters. The monoisotopic (exact) mass is 206 g/mol. The molecule has 0 spiro atoms. The summed E-state index contributed by atoms with van der Waals surface area (Å²) in [6.07, 6.45) is 0. The van der Waals surface area contributed by atoms with E-state index in [1.165, 1.54) is 32.7 Å².